The molecule has 1 N–H and O–H groups in total. The zero-order chi connectivity index (χ0) is 10.3. The molecule has 0 spiro atoms. The van der Waals surface area contributed by atoms with Crippen LogP contribution in [0.3, 0.4) is 0 Å². The van der Waals surface area contributed by atoms with Crippen molar-refractivity contribution in [2.45, 2.75) is 39.5 Å². The molecule has 0 aliphatic heterocycles. The maximum absolute atomic E-state index is 11.6. The Morgan fingerprint density at radius 3 is 2.86 bits per heavy atom. The van der Waals surface area contributed by atoms with E-state index in [1.54, 1.807) is 0 Å². The second-order valence-electron chi connectivity index (χ2n) is 4.40. The lowest BCUT2D eigenvalue weighted by atomic mass is 9.93. The van der Waals surface area contributed by atoms with Gasteiger partial charge in [-0.3, -0.25) is 4.79 Å². The number of aryl methyl sites for hydroxylation is 1. The Bertz CT molecular complexity index is 406. The second-order valence-corrected chi connectivity index (χ2v) is 4.40. The normalized spacial score (nSPS) is 20.1. The maximum Gasteiger partial charge on any atom is 0.254 e. The summed E-state index contributed by atoms with van der Waals surface area (Å²) in [6.45, 7) is 6.23. The number of H-pyrrole nitrogens is 1. The van der Waals surface area contributed by atoms with Gasteiger partial charge in [-0.1, -0.05) is 13.8 Å². The van der Waals surface area contributed by atoms with E-state index in [0.29, 0.717) is 11.8 Å². The molecule has 1 aromatic rings. The lowest BCUT2D eigenvalue weighted by Gasteiger charge is -2.14. The Balaban J connectivity index is 2.54. The zero-order valence-corrected chi connectivity index (χ0v) is 8.92. The third-order valence-corrected chi connectivity index (χ3v) is 3.03. The largest absolute Gasteiger partial charge is 0.311 e. The predicted molar refractivity (Wildman–Crippen MR) is 55.5 cm³/mol. The van der Waals surface area contributed by atoms with Crippen molar-refractivity contribution in [3.05, 3.63) is 27.4 Å². The highest BCUT2D eigenvalue weighted by molar-refractivity contribution is 5.27. The van der Waals surface area contributed by atoms with Gasteiger partial charge in [0.25, 0.3) is 5.56 Å². The summed E-state index contributed by atoms with van der Waals surface area (Å²) in [4.78, 5) is 18.8. The number of aromatic nitrogens is 2. The van der Waals surface area contributed by atoms with Crippen LogP contribution in [0, 0.1) is 12.8 Å². The second kappa shape index (κ2) is 3.23. The molecule has 0 aromatic carbocycles. The quantitative estimate of drug-likeness (QED) is 0.737. The van der Waals surface area contributed by atoms with E-state index in [0.717, 1.165) is 29.9 Å². The molecule has 0 saturated carbocycles. The first-order valence-corrected chi connectivity index (χ1v) is 5.19. The number of aromatic amines is 1. The molecule has 1 unspecified atom stereocenters. The van der Waals surface area contributed by atoms with Gasteiger partial charge in [-0.25, -0.2) is 4.98 Å². The van der Waals surface area contributed by atoms with Crippen LogP contribution in [0.15, 0.2) is 4.79 Å². The number of fused-ring (bicyclic) bond motifs is 1. The molecule has 0 saturated heterocycles. The molecule has 1 aliphatic rings. The highest BCUT2D eigenvalue weighted by Crippen LogP contribution is 2.34. The van der Waals surface area contributed by atoms with E-state index in [4.69, 9.17) is 0 Å². The molecule has 2 rings (SSSR count). The van der Waals surface area contributed by atoms with Gasteiger partial charge >= 0.3 is 0 Å². The summed E-state index contributed by atoms with van der Waals surface area (Å²) in [5, 5.41) is 0. The SMILES string of the molecule is Cc1nc2c(c(=O)[nH]1)CCC2C(C)C. The molecule has 1 aliphatic carbocycles. The van der Waals surface area contributed by atoms with Gasteiger partial charge in [0.1, 0.15) is 5.82 Å². The molecule has 1 atom stereocenters. The van der Waals surface area contributed by atoms with E-state index < -0.39 is 0 Å². The lowest BCUT2D eigenvalue weighted by Crippen LogP contribution is -2.16. The van der Waals surface area contributed by atoms with Gasteiger partial charge in [-0.2, -0.15) is 0 Å². The van der Waals surface area contributed by atoms with E-state index in [-0.39, 0.29) is 5.56 Å². The van der Waals surface area contributed by atoms with Crippen molar-refractivity contribution in [3.8, 4) is 0 Å². The molecule has 3 nitrogen and oxygen atoms in total. The molecule has 3 heteroatoms. The standard InChI is InChI=1S/C11H16N2O/c1-6(2)8-4-5-9-10(8)12-7(3)13-11(9)14/h6,8H,4-5H2,1-3H3,(H,12,13,14). The minimum absolute atomic E-state index is 0.0654. The minimum atomic E-state index is 0.0654. The van der Waals surface area contributed by atoms with Crippen LogP contribution in [-0.4, -0.2) is 9.97 Å². The van der Waals surface area contributed by atoms with Crippen molar-refractivity contribution in [1.29, 1.82) is 0 Å². The Kier molecular flexibility index (Phi) is 2.17. The first kappa shape index (κ1) is 9.44. The molecule has 1 aromatic heterocycles. The monoisotopic (exact) mass is 192 g/mol. The third kappa shape index (κ3) is 1.37. The van der Waals surface area contributed by atoms with Crippen LogP contribution in [0.5, 0.6) is 0 Å². The number of nitrogens with zero attached hydrogens (tertiary/aromatic N) is 1. The molecule has 0 radical (unpaired) electrons. The van der Waals surface area contributed by atoms with Crippen LogP contribution in [0.2, 0.25) is 0 Å². The summed E-state index contributed by atoms with van der Waals surface area (Å²) in [6, 6.07) is 0. The average Bonchev–Trinajstić information content (AvgIpc) is 2.47. The molecule has 76 valence electrons. The van der Waals surface area contributed by atoms with E-state index >= 15 is 0 Å². The number of rotatable bonds is 1. The summed E-state index contributed by atoms with van der Waals surface area (Å²) >= 11 is 0. The summed E-state index contributed by atoms with van der Waals surface area (Å²) in [7, 11) is 0. The van der Waals surface area contributed by atoms with E-state index in [9.17, 15) is 4.79 Å². The molecule has 0 fully saturated rings. The molecule has 14 heavy (non-hydrogen) atoms. The van der Waals surface area contributed by atoms with Crippen molar-refractivity contribution < 1.29 is 0 Å². The molecule has 0 bridgehead atoms. The van der Waals surface area contributed by atoms with Crippen molar-refractivity contribution in [2.24, 2.45) is 5.92 Å². The van der Waals surface area contributed by atoms with Gasteiger partial charge in [0.2, 0.25) is 0 Å². The van der Waals surface area contributed by atoms with Crippen LogP contribution >= 0.6 is 0 Å². The zero-order valence-electron chi connectivity index (χ0n) is 8.92. The third-order valence-electron chi connectivity index (χ3n) is 3.03. The Morgan fingerprint density at radius 1 is 1.50 bits per heavy atom. The fraction of sp³-hybridized carbons (Fsp3) is 0.636. The molecule has 0 amide bonds. The van der Waals surface area contributed by atoms with Crippen molar-refractivity contribution in [3.63, 3.8) is 0 Å². The van der Waals surface area contributed by atoms with Gasteiger partial charge in [-0.05, 0) is 25.7 Å². The lowest BCUT2D eigenvalue weighted by molar-refractivity contribution is 0.486. The van der Waals surface area contributed by atoms with Gasteiger partial charge in [0.05, 0.1) is 5.69 Å². The molecule has 1 heterocycles. The Hall–Kier alpha value is -1.12. The Morgan fingerprint density at radius 2 is 2.21 bits per heavy atom. The van der Waals surface area contributed by atoms with Gasteiger partial charge < -0.3 is 4.98 Å². The highest BCUT2D eigenvalue weighted by Gasteiger charge is 2.28. The van der Waals surface area contributed by atoms with Crippen LogP contribution in [0.25, 0.3) is 0 Å². The fourth-order valence-corrected chi connectivity index (χ4v) is 2.27. The molecular weight excluding hydrogens is 176 g/mol. The van der Waals surface area contributed by atoms with Crippen molar-refractivity contribution in [1.82, 2.24) is 9.97 Å². The summed E-state index contributed by atoms with van der Waals surface area (Å²) in [6.07, 6.45) is 1.97. The summed E-state index contributed by atoms with van der Waals surface area (Å²) < 4.78 is 0. The van der Waals surface area contributed by atoms with E-state index in [1.807, 2.05) is 6.92 Å². The number of hydrogen-bond acceptors (Lipinski definition) is 2. The van der Waals surface area contributed by atoms with Crippen LogP contribution in [0.1, 0.15) is 43.3 Å². The highest BCUT2D eigenvalue weighted by atomic mass is 16.1. The number of nitrogens with one attached hydrogen (secondary N) is 1. The predicted octanol–water partition coefficient (Wildman–Crippen LogP) is 1.76. The van der Waals surface area contributed by atoms with E-state index in [1.165, 1.54) is 0 Å². The first-order chi connectivity index (χ1) is 6.59. The van der Waals surface area contributed by atoms with Crippen molar-refractivity contribution >= 4 is 0 Å². The van der Waals surface area contributed by atoms with Crippen LogP contribution in [-0.2, 0) is 6.42 Å². The van der Waals surface area contributed by atoms with Crippen LogP contribution in [0.4, 0.5) is 0 Å². The minimum Gasteiger partial charge on any atom is -0.311 e. The first-order valence-electron chi connectivity index (χ1n) is 5.19. The van der Waals surface area contributed by atoms with Gasteiger partial charge in [-0.15, -0.1) is 0 Å². The fourth-order valence-electron chi connectivity index (χ4n) is 2.27. The van der Waals surface area contributed by atoms with E-state index in [2.05, 4.69) is 23.8 Å². The molecular formula is C11H16N2O. The smallest absolute Gasteiger partial charge is 0.254 e. The number of hydrogen-bond donors (Lipinski definition) is 1. The Labute approximate surface area is 83.6 Å². The topological polar surface area (TPSA) is 45.8 Å². The maximum atomic E-state index is 11.6. The van der Waals surface area contributed by atoms with Gasteiger partial charge in [0.15, 0.2) is 0 Å². The average molecular weight is 192 g/mol. The van der Waals surface area contributed by atoms with Crippen LogP contribution < -0.4 is 5.56 Å². The van der Waals surface area contributed by atoms with Crippen molar-refractivity contribution in [2.75, 3.05) is 0 Å². The van der Waals surface area contributed by atoms with Gasteiger partial charge in [0, 0.05) is 11.5 Å². The summed E-state index contributed by atoms with van der Waals surface area (Å²) in [5.41, 5.74) is 2.02. The summed E-state index contributed by atoms with van der Waals surface area (Å²) in [5.74, 6) is 1.79.